The van der Waals surface area contributed by atoms with Crippen molar-refractivity contribution in [1.29, 1.82) is 0 Å². The molecule has 2 aliphatic heterocycles. The van der Waals surface area contributed by atoms with Gasteiger partial charge in [-0.1, -0.05) is 12.1 Å². The van der Waals surface area contributed by atoms with E-state index in [1.54, 1.807) is 23.5 Å². The summed E-state index contributed by atoms with van der Waals surface area (Å²) >= 11 is 1.74. The van der Waals surface area contributed by atoms with Crippen LogP contribution in [0.1, 0.15) is 36.3 Å². The zero-order valence-electron chi connectivity index (χ0n) is 15.4. The summed E-state index contributed by atoms with van der Waals surface area (Å²) in [6.45, 7) is 3.61. The molecule has 3 aliphatic rings. The van der Waals surface area contributed by atoms with Crippen LogP contribution >= 0.6 is 11.3 Å². The lowest BCUT2D eigenvalue weighted by Crippen LogP contribution is -2.48. The van der Waals surface area contributed by atoms with Gasteiger partial charge in [0.1, 0.15) is 5.82 Å². The molecule has 142 valence electrons. The molecular formula is C22H25FN2OS. The number of amides is 1. The number of fused-ring (bicyclic) bond motifs is 1. The highest BCUT2D eigenvalue weighted by Crippen LogP contribution is 2.44. The van der Waals surface area contributed by atoms with Gasteiger partial charge in [-0.3, -0.25) is 9.69 Å². The molecule has 1 aliphatic carbocycles. The molecule has 0 unspecified atom stereocenters. The fourth-order valence-electron chi connectivity index (χ4n) is 5.00. The fraction of sp³-hybridized carbons (Fsp3) is 0.500. The normalized spacial score (nSPS) is 28.3. The average Bonchev–Trinajstić information content (AvgIpc) is 3.24. The Labute approximate surface area is 163 Å². The highest BCUT2D eigenvalue weighted by Gasteiger charge is 2.49. The summed E-state index contributed by atoms with van der Waals surface area (Å²) < 4.78 is 13.5. The van der Waals surface area contributed by atoms with Crippen molar-refractivity contribution in [3.05, 3.63) is 58.0 Å². The van der Waals surface area contributed by atoms with E-state index in [1.165, 1.54) is 11.6 Å². The highest BCUT2D eigenvalue weighted by atomic mass is 32.1. The van der Waals surface area contributed by atoms with Gasteiger partial charge in [-0.15, -0.1) is 0 Å². The van der Waals surface area contributed by atoms with E-state index < -0.39 is 0 Å². The lowest BCUT2D eigenvalue weighted by Gasteiger charge is -2.39. The molecule has 2 saturated heterocycles. The van der Waals surface area contributed by atoms with Crippen LogP contribution in [0.15, 0.2) is 41.1 Å². The first-order valence-electron chi connectivity index (χ1n) is 9.98. The molecule has 1 aromatic heterocycles. The summed E-state index contributed by atoms with van der Waals surface area (Å²) in [6.07, 6.45) is 3.17. The Kier molecular flexibility index (Phi) is 4.52. The number of piperidine rings is 1. The number of carbonyl (C=O) groups is 1. The number of thiophene rings is 1. The van der Waals surface area contributed by atoms with E-state index in [0.717, 1.165) is 51.0 Å². The second-order valence-corrected chi connectivity index (χ2v) is 9.09. The molecule has 5 heteroatoms. The van der Waals surface area contributed by atoms with Gasteiger partial charge in [-0.2, -0.15) is 11.3 Å². The van der Waals surface area contributed by atoms with Crippen LogP contribution in [0.3, 0.4) is 0 Å². The number of hydrogen-bond acceptors (Lipinski definition) is 3. The quantitative estimate of drug-likeness (QED) is 0.792. The van der Waals surface area contributed by atoms with Gasteiger partial charge in [0.05, 0.1) is 0 Å². The maximum Gasteiger partial charge on any atom is 0.225 e. The zero-order chi connectivity index (χ0) is 18.4. The van der Waals surface area contributed by atoms with Gasteiger partial charge in [0.15, 0.2) is 0 Å². The second-order valence-electron chi connectivity index (χ2n) is 8.31. The summed E-state index contributed by atoms with van der Waals surface area (Å²) in [4.78, 5) is 17.5. The molecule has 1 saturated carbocycles. The van der Waals surface area contributed by atoms with Gasteiger partial charge in [0.2, 0.25) is 5.91 Å². The maximum absolute atomic E-state index is 13.5. The van der Waals surface area contributed by atoms with E-state index in [2.05, 4.69) is 26.6 Å². The molecular weight excluding hydrogens is 359 g/mol. The van der Waals surface area contributed by atoms with Crippen LogP contribution in [0.25, 0.3) is 0 Å². The van der Waals surface area contributed by atoms with Crippen molar-refractivity contribution in [2.45, 2.75) is 37.8 Å². The molecule has 2 aromatic rings. The van der Waals surface area contributed by atoms with Crippen molar-refractivity contribution in [2.75, 3.05) is 19.6 Å². The summed E-state index contributed by atoms with van der Waals surface area (Å²) in [5.74, 6) is 1.42. The Bertz CT molecular complexity index is 819. The first kappa shape index (κ1) is 17.4. The first-order chi connectivity index (χ1) is 13.2. The van der Waals surface area contributed by atoms with E-state index in [0.29, 0.717) is 23.8 Å². The van der Waals surface area contributed by atoms with Crippen LogP contribution in [0.4, 0.5) is 4.39 Å². The van der Waals surface area contributed by atoms with Crippen LogP contribution in [-0.4, -0.2) is 41.4 Å². The fourth-order valence-corrected chi connectivity index (χ4v) is 5.72. The smallest absolute Gasteiger partial charge is 0.225 e. The summed E-state index contributed by atoms with van der Waals surface area (Å²) in [7, 11) is 0. The Hall–Kier alpha value is -1.72. The van der Waals surface area contributed by atoms with Gasteiger partial charge in [0.25, 0.3) is 0 Å². The maximum atomic E-state index is 13.5. The van der Waals surface area contributed by atoms with Crippen LogP contribution in [0.2, 0.25) is 0 Å². The molecule has 3 atom stereocenters. The lowest BCUT2D eigenvalue weighted by atomic mass is 9.82. The number of likely N-dealkylation sites (tertiary alicyclic amines) is 2. The average molecular weight is 385 g/mol. The van der Waals surface area contributed by atoms with Crippen LogP contribution < -0.4 is 0 Å². The molecule has 3 nitrogen and oxygen atoms in total. The lowest BCUT2D eigenvalue weighted by molar-refractivity contribution is -0.134. The van der Waals surface area contributed by atoms with E-state index in [-0.39, 0.29) is 11.7 Å². The van der Waals surface area contributed by atoms with Crippen molar-refractivity contribution in [1.82, 2.24) is 9.80 Å². The molecule has 27 heavy (non-hydrogen) atoms. The van der Waals surface area contributed by atoms with Crippen LogP contribution in [0.5, 0.6) is 0 Å². The number of rotatable bonds is 4. The van der Waals surface area contributed by atoms with Gasteiger partial charge in [-0.25, -0.2) is 4.39 Å². The molecule has 0 bridgehead atoms. The van der Waals surface area contributed by atoms with Gasteiger partial charge in [-0.05, 0) is 59.3 Å². The van der Waals surface area contributed by atoms with Crippen molar-refractivity contribution >= 4 is 17.2 Å². The molecule has 5 rings (SSSR count). The number of nitrogens with zero attached hydrogens (tertiary/aromatic N) is 2. The Morgan fingerprint density at radius 2 is 2.07 bits per heavy atom. The van der Waals surface area contributed by atoms with Crippen LogP contribution in [-0.2, 0) is 11.3 Å². The zero-order valence-corrected chi connectivity index (χ0v) is 16.2. The summed E-state index contributed by atoms with van der Waals surface area (Å²) in [6, 6.07) is 9.52. The third kappa shape index (κ3) is 3.43. The van der Waals surface area contributed by atoms with Crippen LogP contribution in [0, 0.1) is 17.7 Å². The van der Waals surface area contributed by atoms with Crippen molar-refractivity contribution in [2.24, 2.45) is 11.8 Å². The third-order valence-corrected chi connectivity index (χ3v) is 7.19. The largest absolute Gasteiger partial charge is 0.338 e. The number of halogens is 1. The Balaban J connectivity index is 1.36. The minimum Gasteiger partial charge on any atom is -0.338 e. The van der Waals surface area contributed by atoms with Gasteiger partial charge in [0, 0.05) is 50.0 Å². The molecule has 3 heterocycles. The topological polar surface area (TPSA) is 23.6 Å². The summed E-state index contributed by atoms with van der Waals surface area (Å²) in [5, 5.41) is 4.39. The minimum atomic E-state index is -0.166. The Morgan fingerprint density at radius 3 is 2.81 bits per heavy atom. The molecule has 3 fully saturated rings. The number of hydrogen-bond donors (Lipinski definition) is 0. The monoisotopic (exact) mass is 384 g/mol. The number of benzene rings is 1. The highest BCUT2D eigenvalue weighted by molar-refractivity contribution is 7.08. The van der Waals surface area contributed by atoms with E-state index >= 15 is 0 Å². The molecule has 0 spiro atoms. The second kappa shape index (κ2) is 7.02. The standard InChI is InChI=1S/C22H25FN2OS/c23-18-3-1-2-15(10-18)11-24-8-6-21-20(12-24)19(17-7-9-27-14-17)13-25(21)22(26)16-4-5-16/h1-3,7,9-10,14,16,19-21H,4-6,8,11-13H2/t19-,20-,21-/m0/s1. The molecule has 1 aromatic carbocycles. The molecule has 1 amide bonds. The Morgan fingerprint density at radius 1 is 1.19 bits per heavy atom. The predicted octanol–water partition coefficient (Wildman–Crippen LogP) is 4.11. The molecule has 0 N–H and O–H groups in total. The van der Waals surface area contributed by atoms with E-state index in [1.807, 2.05) is 6.07 Å². The third-order valence-electron chi connectivity index (χ3n) is 6.49. The first-order valence-corrected chi connectivity index (χ1v) is 10.9. The molecule has 0 radical (unpaired) electrons. The van der Waals surface area contributed by atoms with Gasteiger partial charge >= 0.3 is 0 Å². The van der Waals surface area contributed by atoms with Gasteiger partial charge < -0.3 is 4.90 Å². The SMILES string of the molecule is O=C(C1CC1)N1C[C@@H](c2ccsc2)[C@@H]2CN(Cc3cccc(F)c3)CC[C@@H]21. The van der Waals surface area contributed by atoms with Crippen molar-refractivity contribution in [3.8, 4) is 0 Å². The van der Waals surface area contributed by atoms with Crippen molar-refractivity contribution < 1.29 is 9.18 Å². The predicted molar refractivity (Wildman–Crippen MR) is 105 cm³/mol. The van der Waals surface area contributed by atoms with E-state index in [4.69, 9.17) is 0 Å². The van der Waals surface area contributed by atoms with E-state index in [9.17, 15) is 9.18 Å². The van der Waals surface area contributed by atoms with Crippen molar-refractivity contribution in [3.63, 3.8) is 0 Å². The number of carbonyl (C=O) groups excluding carboxylic acids is 1. The summed E-state index contributed by atoms with van der Waals surface area (Å²) in [5.41, 5.74) is 2.41. The minimum absolute atomic E-state index is 0.166.